The van der Waals surface area contributed by atoms with Crippen molar-refractivity contribution in [2.75, 3.05) is 13.6 Å². The summed E-state index contributed by atoms with van der Waals surface area (Å²) in [4.78, 5) is 8.26. The molecule has 0 atom stereocenters. The maximum absolute atomic E-state index is 5.41. The van der Waals surface area contributed by atoms with E-state index in [-0.39, 0.29) is 24.0 Å². The Hall–Kier alpha value is -1.58. The lowest BCUT2D eigenvalue weighted by Crippen LogP contribution is -2.37. The van der Waals surface area contributed by atoms with Gasteiger partial charge in [-0.3, -0.25) is 4.99 Å². The predicted molar refractivity (Wildman–Crippen MR) is 110 cm³/mol. The number of halogens is 1. The van der Waals surface area contributed by atoms with Gasteiger partial charge in [-0.15, -0.1) is 24.0 Å². The molecule has 7 nitrogen and oxygen atoms in total. The average Bonchev–Trinajstić information content (AvgIpc) is 3.27. The lowest BCUT2D eigenvalue weighted by atomic mass is 9.99. The summed E-state index contributed by atoms with van der Waals surface area (Å²) < 4.78 is 7.47. The molecule has 0 bridgehead atoms. The molecule has 2 heterocycles. The molecule has 0 aliphatic heterocycles. The van der Waals surface area contributed by atoms with Crippen LogP contribution >= 0.6 is 24.0 Å². The Morgan fingerprint density at radius 3 is 2.76 bits per heavy atom. The van der Waals surface area contributed by atoms with E-state index in [2.05, 4.69) is 44.2 Å². The number of imidazole rings is 1. The van der Waals surface area contributed by atoms with Gasteiger partial charge in [-0.25, -0.2) is 4.98 Å². The Labute approximate surface area is 166 Å². The normalized spacial score (nSPS) is 11.4. The van der Waals surface area contributed by atoms with E-state index in [0.717, 1.165) is 49.8 Å². The van der Waals surface area contributed by atoms with Gasteiger partial charge in [-0.1, -0.05) is 19.0 Å². The second-order valence-electron chi connectivity index (χ2n) is 5.74. The summed E-state index contributed by atoms with van der Waals surface area (Å²) in [5.41, 5.74) is 1.04. The van der Waals surface area contributed by atoms with E-state index in [9.17, 15) is 0 Å². The highest BCUT2D eigenvalue weighted by atomic mass is 127. The molecular formula is C17H29IN6O. The van der Waals surface area contributed by atoms with Crippen LogP contribution in [0.5, 0.6) is 0 Å². The summed E-state index contributed by atoms with van der Waals surface area (Å²) in [7, 11) is 1.77. The average molecular weight is 460 g/mol. The van der Waals surface area contributed by atoms with Crippen molar-refractivity contribution in [3.05, 3.63) is 36.2 Å². The van der Waals surface area contributed by atoms with Crippen LogP contribution in [0.2, 0.25) is 0 Å². The van der Waals surface area contributed by atoms with E-state index in [4.69, 9.17) is 4.52 Å². The van der Waals surface area contributed by atoms with E-state index in [1.807, 2.05) is 18.6 Å². The lowest BCUT2D eigenvalue weighted by molar-refractivity contribution is 0.368. The maximum Gasteiger partial charge on any atom is 0.191 e. The number of hydrogen-bond acceptors (Lipinski definition) is 4. The van der Waals surface area contributed by atoms with E-state index in [1.165, 1.54) is 0 Å². The van der Waals surface area contributed by atoms with Gasteiger partial charge in [0.1, 0.15) is 0 Å². The number of nitrogens with one attached hydrogen (secondary N) is 2. The molecule has 0 spiro atoms. The number of aryl methyl sites for hydroxylation is 1. The van der Waals surface area contributed by atoms with Gasteiger partial charge < -0.3 is 19.7 Å². The minimum atomic E-state index is 0. The number of aliphatic imine (C=N–C) groups is 1. The number of rotatable bonds is 9. The minimum absolute atomic E-state index is 0. The summed E-state index contributed by atoms with van der Waals surface area (Å²) in [6.45, 7) is 6.71. The molecule has 0 aromatic carbocycles. The van der Waals surface area contributed by atoms with Crippen molar-refractivity contribution >= 4 is 29.9 Å². The zero-order valence-electron chi connectivity index (χ0n) is 15.2. The number of hydrogen-bond donors (Lipinski definition) is 2. The first kappa shape index (κ1) is 21.5. The fourth-order valence-electron chi connectivity index (χ4n) is 2.59. The Bertz CT molecular complexity index is 606. The van der Waals surface area contributed by atoms with Crippen LogP contribution in [0.4, 0.5) is 0 Å². The van der Waals surface area contributed by atoms with Gasteiger partial charge in [0.05, 0.1) is 18.6 Å². The molecule has 2 aromatic rings. The second kappa shape index (κ2) is 11.9. The third-order valence-electron chi connectivity index (χ3n) is 4.08. The van der Waals surface area contributed by atoms with Crippen molar-refractivity contribution in [2.24, 2.45) is 4.99 Å². The van der Waals surface area contributed by atoms with Crippen LogP contribution in [0.25, 0.3) is 0 Å². The summed E-state index contributed by atoms with van der Waals surface area (Å²) in [5.74, 6) is 2.07. The lowest BCUT2D eigenvalue weighted by Gasteiger charge is -2.10. The molecule has 2 N–H and O–H groups in total. The summed E-state index contributed by atoms with van der Waals surface area (Å²) in [5, 5.41) is 10.7. The van der Waals surface area contributed by atoms with Gasteiger partial charge in [0.2, 0.25) is 0 Å². The third kappa shape index (κ3) is 7.05. The fraction of sp³-hybridized carbons (Fsp3) is 0.588. The summed E-state index contributed by atoms with van der Waals surface area (Å²) in [6.07, 6.45) is 8.74. The standard InChI is InChI=1S/C17H28N6O.HI/c1-4-14(5-2)16-11-15(24-22-16)12-21-17(18-3)20-7-6-9-23-10-8-19-13-23;/h8,10-11,13-14H,4-7,9,12H2,1-3H3,(H2,18,20,21);1H. The number of aromatic nitrogens is 3. The van der Waals surface area contributed by atoms with Crippen LogP contribution in [0, 0.1) is 0 Å². The summed E-state index contributed by atoms with van der Waals surface area (Å²) >= 11 is 0. The summed E-state index contributed by atoms with van der Waals surface area (Å²) in [6, 6.07) is 2.04. The molecule has 8 heteroatoms. The SMILES string of the molecule is CCC(CC)c1cc(CNC(=NC)NCCCn2ccnc2)on1.I. The molecule has 140 valence electrons. The minimum Gasteiger partial charge on any atom is -0.359 e. The Balaban J connectivity index is 0.00000312. The first-order valence-electron chi connectivity index (χ1n) is 8.62. The first-order valence-corrected chi connectivity index (χ1v) is 8.62. The number of nitrogens with zero attached hydrogens (tertiary/aromatic N) is 4. The Morgan fingerprint density at radius 2 is 2.12 bits per heavy atom. The molecule has 2 rings (SSSR count). The van der Waals surface area contributed by atoms with Gasteiger partial charge in [-0.2, -0.15) is 0 Å². The van der Waals surface area contributed by atoms with Gasteiger partial charge in [0, 0.05) is 44.5 Å². The van der Waals surface area contributed by atoms with Gasteiger partial charge in [-0.05, 0) is 19.3 Å². The van der Waals surface area contributed by atoms with Crippen LogP contribution in [0.15, 0.2) is 34.3 Å². The monoisotopic (exact) mass is 460 g/mol. The molecule has 0 fully saturated rings. The highest BCUT2D eigenvalue weighted by Gasteiger charge is 2.13. The van der Waals surface area contributed by atoms with Crippen LogP contribution in [-0.2, 0) is 13.1 Å². The van der Waals surface area contributed by atoms with Crippen molar-refractivity contribution < 1.29 is 4.52 Å². The molecule has 0 aliphatic rings. The maximum atomic E-state index is 5.41. The van der Waals surface area contributed by atoms with Crippen molar-refractivity contribution in [3.63, 3.8) is 0 Å². The van der Waals surface area contributed by atoms with E-state index < -0.39 is 0 Å². The molecule has 0 aliphatic carbocycles. The highest BCUT2D eigenvalue weighted by molar-refractivity contribution is 14.0. The van der Waals surface area contributed by atoms with Crippen molar-refractivity contribution in [1.29, 1.82) is 0 Å². The molecule has 0 radical (unpaired) electrons. The van der Waals surface area contributed by atoms with Gasteiger partial charge in [0.15, 0.2) is 11.7 Å². The van der Waals surface area contributed by atoms with Crippen molar-refractivity contribution in [2.45, 2.75) is 52.1 Å². The largest absolute Gasteiger partial charge is 0.359 e. The smallest absolute Gasteiger partial charge is 0.191 e. The molecule has 25 heavy (non-hydrogen) atoms. The molecule has 0 saturated carbocycles. The molecule has 0 saturated heterocycles. The van der Waals surface area contributed by atoms with Gasteiger partial charge in [0.25, 0.3) is 0 Å². The Morgan fingerprint density at radius 1 is 1.32 bits per heavy atom. The van der Waals surface area contributed by atoms with Crippen molar-refractivity contribution in [3.8, 4) is 0 Å². The van der Waals surface area contributed by atoms with Crippen LogP contribution in [0.1, 0.15) is 50.5 Å². The second-order valence-corrected chi connectivity index (χ2v) is 5.74. The highest BCUT2D eigenvalue weighted by Crippen LogP contribution is 2.22. The topological polar surface area (TPSA) is 80.3 Å². The molecular weight excluding hydrogens is 431 g/mol. The molecule has 0 unspecified atom stereocenters. The first-order chi connectivity index (χ1) is 11.8. The molecule has 2 aromatic heterocycles. The van der Waals surface area contributed by atoms with E-state index >= 15 is 0 Å². The van der Waals surface area contributed by atoms with Crippen LogP contribution in [-0.4, -0.2) is 34.3 Å². The molecule has 0 amide bonds. The Kier molecular flexibility index (Phi) is 10.2. The fourth-order valence-corrected chi connectivity index (χ4v) is 2.59. The van der Waals surface area contributed by atoms with E-state index in [0.29, 0.717) is 12.5 Å². The van der Waals surface area contributed by atoms with Crippen LogP contribution in [0.3, 0.4) is 0 Å². The number of guanidine groups is 1. The zero-order chi connectivity index (χ0) is 17.2. The van der Waals surface area contributed by atoms with E-state index in [1.54, 1.807) is 13.2 Å². The van der Waals surface area contributed by atoms with Gasteiger partial charge >= 0.3 is 0 Å². The quantitative estimate of drug-likeness (QED) is 0.260. The van der Waals surface area contributed by atoms with Crippen LogP contribution < -0.4 is 10.6 Å². The van der Waals surface area contributed by atoms with Crippen molar-refractivity contribution in [1.82, 2.24) is 25.3 Å². The third-order valence-corrected chi connectivity index (χ3v) is 4.08. The zero-order valence-corrected chi connectivity index (χ0v) is 17.6. The predicted octanol–water partition coefficient (Wildman–Crippen LogP) is 3.15.